The molecule has 0 aliphatic carbocycles. The summed E-state index contributed by atoms with van der Waals surface area (Å²) in [6.45, 7) is 0. The Labute approximate surface area is 90.8 Å². The van der Waals surface area contributed by atoms with Gasteiger partial charge in [0.15, 0.2) is 0 Å². The minimum Gasteiger partial charge on any atom is -0.465 e. The zero-order valence-electron chi connectivity index (χ0n) is 7.17. The molecule has 0 fully saturated rings. The Morgan fingerprint density at radius 2 is 2.07 bits per heavy atom. The lowest BCUT2D eigenvalue weighted by Gasteiger charge is -2.04. The molecule has 14 heavy (non-hydrogen) atoms. The van der Waals surface area contributed by atoms with Crippen molar-refractivity contribution in [3.63, 3.8) is 0 Å². The topological polar surface area (TPSA) is 50.1 Å². The van der Waals surface area contributed by atoms with Crippen LogP contribution in [0, 0.1) is 11.3 Å². The van der Waals surface area contributed by atoms with Crippen molar-refractivity contribution in [2.24, 2.45) is 0 Å². The predicted octanol–water partition coefficient (Wildman–Crippen LogP) is 2.65. The van der Waals surface area contributed by atoms with Crippen LogP contribution in [0.5, 0.6) is 0 Å². The average molecular weight is 230 g/mol. The number of nitrogens with zero attached hydrogens (tertiary/aromatic N) is 1. The van der Waals surface area contributed by atoms with Gasteiger partial charge < -0.3 is 4.74 Å². The van der Waals surface area contributed by atoms with Crippen molar-refractivity contribution < 1.29 is 9.53 Å². The quantitative estimate of drug-likeness (QED) is 0.696. The van der Waals surface area contributed by atoms with E-state index in [1.807, 2.05) is 6.07 Å². The summed E-state index contributed by atoms with van der Waals surface area (Å²) >= 11 is 11.5. The van der Waals surface area contributed by atoms with Crippen LogP contribution < -0.4 is 0 Å². The van der Waals surface area contributed by atoms with Gasteiger partial charge in [-0.2, -0.15) is 5.26 Å². The first-order valence-corrected chi connectivity index (χ1v) is 4.33. The van der Waals surface area contributed by atoms with Gasteiger partial charge in [0.1, 0.15) is 6.07 Å². The molecule has 5 heteroatoms. The highest BCUT2D eigenvalue weighted by molar-refractivity contribution is 6.44. The van der Waals surface area contributed by atoms with Crippen molar-refractivity contribution in [2.45, 2.75) is 0 Å². The van der Waals surface area contributed by atoms with Crippen LogP contribution in [0.2, 0.25) is 10.0 Å². The van der Waals surface area contributed by atoms with E-state index in [2.05, 4.69) is 4.74 Å². The molecule has 1 rings (SSSR count). The van der Waals surface area contributed by atoms with Crippen LogP contribution in [0.4, 0.5) is 0 Å². The second kappa shape index (κ2) is 4.32. The summed E-state index contributed by atoms with van der Waals surface area (Å²) in [6, 6.07) is 4.67. The van der Waals surface area contributed by atoms with Crippen molar-refractivity contribution in [1.82, 2.24) is 0 Å². The fourth-order valence-electron chi connectivity index (χ4n) is 0.903. The lowest BCUT2D eigenvalue weighted by Crippen LogP contribution is -2.02. The molecule has 3 nitrogen and oxygen atoms in total. The first-order valence-electron chi connectivity index (χ1n) is 3.58. The standard InChI is InChI=1S/C9H5Cl2NO2/c1-14-9(13)6-3-2-5(4-12)7(10)8(6)11/h2-3H,1H3. The smallest absolute Gasteiger partial charge is 0.339 e. The van der Waals surface area contributed by atoms with Gasteiger partial charge in [0.05, 0.1) is 28.3 Å². The molecular formula is C9H5Cl2NO2. The van der Waals surface area contributed by atoms with E-state index in [0.29, 0.717) is 0 Å². The normalized spacial score (nSPS) is 9.29. The Bertz CT molecular complexity index is 424. The van der Waals surface area contributed by atoms with Crippen LogP contribution in [0.1, 0.15) is 15.9 Å². The second-order valence-electron chi connectivity index (χ2n) is 2.39. The summed E-state index contributed by atoms with van der Waals surface area (Å²) in [6.07, 6.45) is 0. The summed E-state index contributed by atoms with van der Waals surface area (Å²) in [5, 5.41) is 8.73. The Hall–Kier alpha value is -1.24. The van der Waals surface area contributed by atoms with Crippen molar-refractivity contribution >= 4 is 29.2 Å². The van der Waals surface area contributed by atoms with Crippen LogP contribution in [-0.2, 0) is 4.74 Å². The number of hydrogen-bond acceptors (Lipinski definition) is 3. The molecule has 0 N–H and O–H groups in total. The summed E-state index contributed by atoms with van der Waals surface area (Å²) in [4.78, 5) is 11.1. The number of nitriles is 1. The minimum absolute atomic E-state index is 0.0394. The highest BCUT2D eigenvalue weighted by Gasteiger charge is 2.15. The van der Waals surface area contributed by atoms with Crippen LogP contribution in [0.25, 0.3) is 0 Å². The van der Waals surface area contributed by atoms with E-state index in [1.54, 1.807) is 0 Å². The zero-order valence-corrected chi connectivity index (χ0v) is 8.69. The maximum Gasteiger partial charge on any atom is 0.339 e. The first-order chi connectivity index (χ1) is 6.61. The second-order valence-corrected chi connectivity index (χ2v) is 3.15. The molecule has 0 saturated carbocycles. The van der Waals surface area contributed by atoms with Gasteiger partial charge in [0, 0.05) is 0 Å². The monoisotopic (exact) mass is 229 g/mol. The number of carbonyl (C=O) groups is 1. The van der Waals surface area contributed by atoms with E-state index < -0.39 is 5.97 Å². The number of methoxy groups -OCH3 is 1. The molecule has 0 aromatic heterocycles. The van der Waals surface area contributed by atoms with Gasteiger partial charge in [0.25, 0.3) is 0 Å². The van der Waals surface area contributed by atoms with Crippen LogP contribution in [0.3, 0.4) is 0 Å². The molecule has 0 bridgehead atoms. The molecule has 0 saturated heterocycles. The van der Waals surface area contributed by atoms with Crippen LogP contribution in [-0.4, -0.2) is 13.1 Å². The molecule has 0 unspecified atom stereocenters. The molecule has 1 aromatic rings. The van der Waals surface area contributed by atoms with E-state index in [1.165, 1.54) is 19.2 Å². The lowest BCUT2D eigenvalue weighted by molar-refractivity contribution is 0.0601. The Morgan fingerprint density at radius 1 is 1.43 bits per heavy atom. The number of rotatable bonds is 1. The number of halogens is 2. The molecule has 0 atom stereocenters. The molecular weight excluding hydrogens is 225 g/mol. The largest absolute Gasteiger partial charge is 0.465 e. The highest BCUT2D eigenvalue weighted by Crippen LogP contribution is 2.29. The molecule has 1 aromatic carbocycles. The molecule has 0 heterocycles. The molecule has 0 amide bonds. The summed E-state index contributed by atoms with van der Waals surface area (Å²) < 4.78 is 4.48. The maximum absolute atomic E-state index is 11.1. The molecule has 0 aliphatic rings. The van der Waals surface area contributed by atoms with Crippen LogP contribution >= 0.6 is 23.2 Å². The third-order valence-corrected chi connectivity index (χ3v) is 2.49. The zero-order chi connectivity index (χ0) is 10.7. The van der Waals surface area contributed by atoms with Crippen molar-refractivity contribution in [3.8, 4) is 6.07 Å². The predicted molar refractivity (Wildman–Crippen MR) is 52.5 cm³/mol. The average Bonchev–Trinajstić information content (AvgIpc) is 2.21. The summed E-state index contributed by atoms with van der Waals surface area (Å²) in [5.41, 5.74) is 0.377. The molecule has 0 radical (unpaired) electrons. The van der Waals surface area contributed by atoms with Gasteiger partial charge in [-0.3, -0.25) is 0 Å². The fourth-order valence-corrected chi connectivity index (χ4v) is 1.35. The van der Waals surface area contributed by atoms with Gasteiger partial charge in [-0.25, -0.2) is 4.79 Å². The van der Waals surface area contributed by atoms with Crippen molar-refractivity contribution in [3.05, 3.63) is 33.3 Å². The van der Waals surface area contributed by atoms with Crippen molar-refractivity contribution in [2.75, 3.05) is 7.11 Å². The van der Waals surface area contributed by atoms with Gasteiger partial charge >= 0.3 is 5.97 Å². The number of esters is 1. The molecule has 0 aliphatic heterocycles. The SMILES string of the molecule is COC(=O)c1ccc(C#N)c(Cl)c1Cl. The summed E-state index contributed by atoms with van der Waals surface area (Å²) in [7, 11) is 1.24. The number of benzene rings is 1. The van der Waals surface area contributed by atoms with Gasteiger partial charge in [-0.15, -0.1) is 0 Å². The maximum atomic E-state index is 11.1. The first kappa shape index (κ1) is 10.8. The van der Waals surface area contributed by atoms with Crippen molar-refractivity contribution in [1.29, 1.82) is 5.26 Å². The van der Waals surface area contributed by atoms with E-state index in [0.717, 1.165) is 0 Å². The highest BCUT2D eigenvalue weighted by atomic mass is 35.5. The third-order valence-electron chi connectivity index (χ3n) is 1.61. The molecule has 0 spiro atoms. The Morgan fingerprint density at radius 3 is 2.57 bits per heavy atom. The summed E-state index contributed by atoms with van der Waals surface area (Å²) in [5.74, 6) is -0.582. The molecule has 72 valence electrons. The Kier molecular flexibility index (Phi) is 3.34. The Balaban J connectivity index is 3.33. The van der Waals surface area contributed by atoms with E-state index in [-0.39, 0.29) is 21.2 Å². The fraction of sp³-hybridized carbons (Fsp3) is 0.111. The van der Waals surface area contributed by atoms with E-state index >= 15 is 0 Å². The number of hydrogen-bond donors (Lipinski definition) is 0. The number of ether oxygens (including phenoxy) is 1. The van der Waals surface area contributed by atoms with Gasteiger partial charge in [0.2, 0.25) is 0 Å². The number of carbonyl (C=O) groups excluding carboxylic acids is 1. The van der Waals surface area contributed by atoms with E-state index in [4.69, 9.17) is 28.5 Å². The van der Waals surface area contributed by atoms with E-state index in [9.17, 15) is 4.79 Å². The van der Waals surface area contributed by atoms with Gasteiger partial charge in [-0.1, -0.05) is 23.2 Å². The minimum atomic E-state index is -0.582. The lowest BCUT2D eigenvalue weighted by atomic mass is 10.1. The van der Waals surface area contributed by atoms with Crippen LogP contribution in [0.15, 0.2) is 12.1 Å². The van der Waals surface area contributed by atoms with Gasteiger partial charge in [-0.05, 0) is 12.1 Å². The third kappa shape index (κ3) is 1.82.